The molecule has 0 aromatic heterocycles. The van der Waals surface area contributed by atoms with Crippen LogP contribution in [0.2, 0.25) is 5.02 Å². The summed E-state index contributed by atoms with van der Waals surface area (Å²) >= 11 is 9.52. The van der Waals surface area contributed by atoms with Gasteiger partial charge in [0.15, 0.2) is 0 Å². The van der Waals surface area contributed by atoms with Crippen molar-refractivity contribution >= 4 is 27.5 Å². The first kappa shape index (κ1) is 12.5. The molecule has 0 saturated carbocycles. The third-order valence-corrected chi connectivity index (χ3v) is 3.33. The molecule has 0 unspecified atom stereocenters. The van der Waals surface area contributed by atoms with Crippen molar-refractivity contribution in [3.63, 3.8) is 0 Å². The largest absolute Gasteiger partial charge is 0.487 e. The highest BCUT2D eigenvalue weighted by Crippen LogP contribution is 2.27. The summed E-state index contributed by atoms with van der Waals surface area (Å²) < 4.78 is 5.68. The number of ether oxygens (including phenoxy) is 1. The van der Waals surface area contributed by atoms with Gasteiger partial charge < -0.3 is 4.74 Å². The van der Waals surface area contributed by atoms with Crippen molar-refractivity contribution in [2.24, 2.45) is 0 Å². The van der Waals surface area contributed by atoms with Gasteiger partial charge in [0.05, 0.1) is 5.02 Å². The number of rotatable bonds is 4. The molecule has 0 N–H and O–H groups in total. The minimum absolute atomic E-state index is 0.536. The molecular formula is C14H12BrClO. The second-order valence-electron chi connectivity index (χ2n) is 3.67. The molecule has 0 heterocycles. The van der Waals surface area contributed by atoms with E-state index in [0.29, 0.717) is 11.6 Å². The SMILES string of the molecule is Clc1cc(CBr)ccc1OCc1ccccc1. The Hall–Kier alpha value is -0.990. The van der Waals surface area contributed by atoms with Crippen LogP contribution in [-0.4, -0.2) is 0 Å². The lowest BCUT2D eigenvalue weighted by Gasteiger charge is -2.08. The van der Waals surface area contributed by atoms with Crippen LogP contribution in [0.25, 0.3) is 0 Å². The van der Waals surface area contributed by atoms with Gasteiger partial charge in [-0.25, -0.2) is 0 Å². The van der Waals surface area contributed by atoms with E-state index in [1.807, 2.05) is 48.5 Å². The number of hydrogen-bond donors (Lipinski definition) is 0. The van der Waals surface area contributed by atoms with Gasteiger partial charge in [-0.1, -0.05) is 63.9 Å². The predicted molar refractivity (Wildman–Crippen MR) is 74.9 cm³/mol. The van der Waals surface area contributed by atoms with Crippen LogP contribution in [0.3, 0.4) is 0 Å². The van der Waals surface area contributed by atoms with E-state index in [4.69, 9.17) is 16.3 Å². The van der Waals surface area contributed by atoms with Crippen molar-refractivity contribution in [2.45, 2.75) is 11.9 Å². The lowest BCUT2D eigenvalue weighted by molar-refractivity contribution is 0.306. The topological polar surface area (TPSA) is 9.23 Å². The monoisotopic (exact) mass is 310 g/mol. The van der Waals surface area contributed by atoms with Crippen LogP contribution in [0.5, 0.6) is 5.75 Å². The van der Waals surface area contributed by atoms with Gasteiger partial charge in [-0.3, -0.25) is 0 Å². The van der Waals surface area contributed by atoms with E-state index in [0.717, 1.165) is 22.2 Å². The summed E-state index contributed by atoms with van der Waals surface area (Å²) in [5.74, 6) is 0.722. The van der Waals surface area contributed by atoms with E-state index in [2.05, 4.69) is 15.9 Å². The average molecular weight is 312 g/mol. The van der Waals surface area contributed by atoms with Gasteiger partial charge in [0.25, 0.3) is 0 Å². The van der Waals surface area contributed by atoms with Crippen LogP contribution >= 0.6 is 27.5 Å². The van der Waals surface area contributed by atoms with Gasteiger partial charge in [-0.05, 0) is 23.3 Å². The Kier molecular flexibility index (Phi) is 4.46. The lowest BCUT2D eigenvalue weighted by Crippen LogP contribution is -1.95. The van der Waals surface area contributed by atoms with Crippen molar-refractivity contribution in [3.05, 3.63) is 64.7 Å². The van der Waals surface area contributed by atoms with E-state index in [-0.39, 0.29) is 0 Å². The molecule has 0 aliphatic heterocycles. The van der Waals surface area contributed by atoms with Crippen molar-refractivity contribution in [3.8, 4) is 5.75 Å². The number of benzene rings is 2. The van der Waals surface area contributed by atoms with Crippen LogP contribution < -0.4 is 4.74 Å². The molecule has 2 aromatic rings. The third kappa shape index (κ3) is 3.48. The molecule has 0 saturated heterocycles. The molecule has 2 rings (SSSR count). The molecule has 0 amide bonds. The van der Waals surface area contributed by atoms with Crippen molar-refractivity contribution < 1.29 is 4.74 Å². The normalized spacial score (nSPS) is 10.2. The summed E-state index contributed by atoms with van der Waals surface area (Å²) in [6.07, 6.45) is 0. The first-order valence-corrected chi connectivity index (χ1v) is 6.80. The molecule has 3 heteroatoms. The Morgan fingerprint density at radius 2 is 1.76 bits per heavy atom. The van der Waals surface area contributed by atoms with E-state index < -0.39 is 0 Å². The Morgan fingerprint density at radius 1 is 1.00 bits per heavy atom. The number of alkyl halides is 1. The standard InChI is InChI=1S/C14H12BrClO/c15-9-12-6-7-14(13(16)8-12)17-10-11-4-2-1-3-5-11/h1-8H,9-10H2. The van der Waals surface area contributed by atoms with Gasteiger partial charge in [0.1, 0.15) is 12.4 Å². The van der Waals surface area contributed by atoms with Crippen molar-refractivity contribution in [2.75, 3.05) is 0 Å². The zero-order valence-corrected chi connectivity index (χ0v) is 11.5. The summed E-state index contributed by atoms with van der Waals surface area (Å²) in [6.45, 7) is 0.536. The number of hydrogen-bond acceptors (Lipinski definition) is 1. The van der Waals surface area contributed by atoms with Crippen LogP contribution in [0.15, 0.2) is 48.5 Å². The second kappa shape index (κ2) is 6.08. The fourth-order valence-electron chi connectivity index (χ4n) is 1.48. The Labute approximate surface area is 115 Å². The molecule has 0 radical (unpaired) electrons. The molecule has 0 fully saturated rings. The highest BCUT2D eigenvalue weighted by atomic mass is 79.9. The highest BCUT2D eigenvalue weighted by Gasteiger charge is 2.02. The molecular weight excluding hydrogens is 300 g/mol. The van der Waals surface area contributed by atoms with E-state index >= 15 is 0 Å². The summed E-state index contributed by atoms with van der Waals surface area (Å²) in [5, 5.41) is 1.45. The van der Waals surface area contributed by atoms with Crippen LogP contribution in [0.4, 0.5) is 0 Å². The van der Waals surface area contributed by atoms with Crippen LogP contribution in [0, 0.1) is 0 Å². The minimum atomic E-state index is 0.536. The third-order valence-electron chi connectivity index (χ3n) is 2.39. The first-order chi connectivity index (χ1) is 8.29. The maximum atomic E-state index is 6.13. The zero-order chi connectivity index (χ0) is 12.1. The maximum absolute atomic E-state index is 6.13. The van der Waals surface area contributed by atoms with Gasteiger partial charge in [0, 0.05) is 5.33 Å². The fourth-order valence-corrected chi connectivity index (χ4v) is 2.09. The molecule has 0 atom stereocenters. The molecule has 0 aliphatic carbocycles. The van der Waals surface area contributed by atoms with Gasteiger partial charge >= 0.3 is 0 Å². The van der Waals surface area contributed by atoms with E-state index in [1.165, 1.54) is 0 Å². The Bertz CT molecular complexity index is 485. The molecule has 88 valence electrons. The molecule has 17 heavy (non-hydrogen) atoms. The lowest BCUT2D eigenvalue weighted by atomic mass is 10.2. The predicted octanol–water partition coefficient (Wildman–Crippen LogP) is 4.81. The molecule has 1 nitrogen and oxygen atoms in total. The van der Waals surface area contributed by atoms with Gasteiger partial charge in [-0.15, -0.1) is 0 Å². The number of halogens is 2. The van der Waals surface area contributed by atoms with E-state index in [1.54, 1.807) is 0 Å². The van der Waals surface area contributed by atoms with Crippen LogP contribution in [-0.2, 0) is 11.9 Å². The summed E-state index contributed by atoms with van der Waals surface area (Å²) in [4.78, 5) is 0. The van der Waals surface area contributed by atoms with Crippen molar-refractivity contribution in [1.82, 2.24) is 0 Å². The second-order valence-corrected chi connectivity index (χ2v) is 4.64. The fraction of sp³-hybridized carbons (Fsp3) is 0.143. The quantitative estimate of drug-likeness (QED) is 0.736. The average Bonchev–Trinajstić information content (AvgIpc) is 2.38. The van der Waals surface area contributed by atoms with Crippen LogP contribution in [0.1, 0.15) is 11.1 Å². The molecule has 0 bridgehead atoms. The molecule has 2 aromatic carbocycles. The zero-order valence-electron chi connectivity index (χ0n) is 9.20. The summed E-state index contributed by atoms with van der Waals surface area (Å²) in [5.41, 5.74) is 2.27. The van der Waals surface area contributed by atoms with Gasteiger partial charge in [0.2, 0.25) is 0 Å². The van der Waals surface area contributed by atoms with Gasteiger partial charge in [-0.2, -0.15) is 0 Å². The molecule has 0 aliphatic rings. The van der Waals surface area contributed by atoms with E-state index in [9.17, 15) is 0 Å². The Morgan fingerprint density at radius 3 is 2.41 bits per heavy atom. The highest BCUT2D eigenvalue weighted by molar-refractivity contribution is 9.08. The smallest absolute Gasteiger partial charge is 0.138 e. The minimum Gasteiger partial charge on any atom is -0.487 e. The maximum Gasteiger partial charge on any atom is 0.138 e. The van der Waals surface area contributed by atoms with Crippen molar-refractivity contribution in [1.29, 1.82) is 0 Å². The summed E-state index contributed by atoms with van der Waals surface area (Å²) in [7, 11) is 0. The first-order valence-electron chi connectivity index (χ1n) is 5.30. The summed E-state index contributed by atoms with van der Waals surface area (Å²) in [6, 6.07) is 15.9. The Balaban J connectivity index is 2.04. The molecule has 0 spiro atoms.